The summed E-state index contributed by atoms with van der Waals surface area (Å²) < 4.78 is 5.10. The largest absolute Gasteiger partial charge is 0.337 e. The van der Waals surface area contributed by atoms with Crippen LogP contribution in [-0.4, -0.2) is 29.3 Å². The lowest BCUT2D eigenvalue weighted by molar-refractivity contribution is 0.249. The SMILES string of the molecule is CNC(C)Cc1noc(CNC(=O)Nc2cccc(C)c2)n1. The molecule has 0 spiro atoms. The van der Waals surface area contributed by atoms with Gasteiger partial charge >= 0.3 is 6.03 Å². The Balaban J connectivity index is 1.81. The van der Waals surface area contributed by atoms with Crippen LogP contribution in [0.3, 0.4) is 0 Å². The van der Waals surface area contributed by atoms with Crippen LogP contribution in [0.25, 0.3) is 0 Å². The van der Waals surface area contributed by atoms with Crippen molar-refractivity contribution in [3.63, 3.8) is 0 Å². The first-order chi connectivity index (χ1) is 10.6. The van der Waals surface area contributed by atoms with Crippen molar-refractivity contribution in [1.29, 1.82) is 0 Å². The van der Waals surface area contributed by atoms with Crippen molar-refractivity contribution in [2.24, 2.45) is 0 Å². The average molecular weight is 303 g/mol. The molecule has 1 heterocycles. The molecule has 3 N–H and O–H groups in total. The topological polar surface area (TPSA) is 92.1 Å². The number of carbonyl (C=O) groups is 1. The molecule has 0 radical (unpaired) electrons. The molecule has 1 unspecified atom stereocenters. The highest BCUT2D eigenvalue weighted by Gasteiger charge is 2.10. The lowest BCUT2D eigenvalue weighted by Gasteiger charge is -2.06. The maximum absolute atomic E-state index is 11.8. The van der Waals surface area contributed by atoms with Gasteiger partial charge in [-0.15, -0.1) is 0 Å². The summed E-state index contributed by atoms with van der Waals surface area (Å²) >= 11 is 0. The van der Waals surface area contributed by atoms with E-state index in [1.807, 2.05) is 45.2 Å². The molecule has 1 atom stereocenters. The second kappa shape index (κ2) is 7.56. The molecule has 2 rings (SSSR count). The fourth-order valence-electron chi connectivity index (χ4n) is 1.87. The molecular weight excluding hydrogens is 282 g/mol. The summed E-state index contributed by atoms with van der Waals surface area (Å²) in [5.74, 6) is 1.01. The predicted molar refractivity (Wildman–Crippen MR) is 83.6 cm³/mol. The van der Waals surface area contributed by atoms with E-state index in [0.29, 0.717) is 18.1 Å². The zero-order chi connectivity index (χ0) is 15.9. The average Bonchev–Trinajstić information content (AvgIpc) is 2.92. The highest BCUT2D eigenvalue weighted by Crippen LogP contribution is 2.09. The number of aromatic nitrogens is 2. The fourth-order valence-corrected chi connectivity index (χ4v) is 1.87. The zero-order valence-corrected chi connectivity index (χ0v) is 13.0. The molecule has 0 aliphatic rings. The second-order valence-corrected chi connectivity index (χ2v) is 5.18. The number of nitrogens with zero attached hydrogens (tertiary/aromatic N) is 2. The molecular formula is C15H21N5O2. The normalized spacial score (nSPS) is 12.0. The smallest absolute Gasteiger partial charge is 0.319 e. The molecule has 2 aromatic rings. The predicted octanol–water partition coefficient (Wildman–Crippen LogP) is 1.85. The van der Waals surface area contributed by atoms with E-state index in [1.54, 1.807) is 0 Å². The van der Waals surface area contributed by atoms with E-state index in [1.165, 1.54) is 0 Å². The van der Waals surface area contributed by atoms with Crippen molar-refractivity contribution in [3.05, 3.63) is 41.5 Å². The van der Waals surface area contributed by atoms with Gasteiger partial charge in [0.15, 0.2) is 5.82 Å². The van der Waals surface area contributed by atoms with Crippen molar-refractivity contribution in [2.75, 3.05) is 12.4 Å². The van der Waals surface area contributed by atoms with Crippen molar-refractivity contribution < 1.29 is 9.32 Å². The van der Waals surface area contributed by atoms with E-state index >= 15 is 0 Å². The molecule has 0 aliphatic heterocycles. The van der Waals surface area contributed by atoms with E-state index < -0.39 is 0 Å². The Hall–Kier alpha value is -2.41. The van der Waals surface area contributed by atoms with Crippen molar-refractivity contribution in [1.82, 2.24) is 20.8 Å². The molecule has 1 aromatic heterocycles. The third kappa shape index (κ3) is 4.85. The third-order valence-electron chi connectivity index (χ3n) is 3.17. The Kier molecular flexibility index (Phi) is 5.48. The van der Waals surface area contributed by atoms with Gasteiger partial charge in [-0.1, -0.05) is 17.3 Å². The van der Waals surface area contributed by atoms with E-state index in [9.17, 15) is 4.79 Å². The number of anilines is 1. The maximum atomic E-state index is 11.8. The van der Waals surface area contributed by atoms with Crippen LogP contribution in [0, 0.1) is 6.92 Å². The number of benzene rings is 1. The van der Waals surface area contributed by atoms with Gasteiger partial charge in [-0.05, 0) is 38.6 Å². The van der Waals surface area contributed by atoms with Crippen molar-refractivity contribution >= 4 is 11.7 Å². The second-order valence-electron chi connectivity index (χ2n) is 5.18. The van der Waals surface area contributed by atoms with Gasteiger partial charge < -0.3 is 20.5 Å². The van der Waals surface area contributed by atoms with Gasteiger partial charge in [0, 0.05) is 18.2 Å². The number of nitrogens with one attached hydrogen (secondary N) is 3. The lowest BCUT2D eigenvalue weighted by atomic mass is 10.2. The lowest BCUT2D eigenvalue weighted by Crippen LogP contribution is -2.28. The molecule has 0 saturated heterocycles. The van der Waals surface area contributed by atoms with Gasteiger partial charge in [0.05, 0.1) is 6.54 Å². The number of urea groups is 1. The molecule has 0 saturated carbocycles. The summed E-state index contributed by atoms with van der Waals surface area (Å²) in [6.07, 6.45) is 0.676. The van der Waals surface area contributed by atoms with Crippen LogP contribution < -0.4 is 16.0 Å². The molecule has 7 nitrogen and oxygen atoms in total. The number of hydrogen-bond acceptors (Lipinski definition) is 5. The number of hydrogen-bond donors (Lipinski definition) is 3. The Morgan fingerprint density at radius 1 is 1.41 bits per heavy atom. The maximum Gasteiger partial charge on any atom is 0.319 e. The van der Waals surface area contributed by atoms with Gasteiger partial charge in [0.1, 0.15) is 0 Å². The van der Waals surface area contributed by atoms with Crippen LogP contribution in [0.2, 0.25) is 0 Å². The molecule has 2 amide bonds. The summed E-state index contributed by atoms with van der Waals surface area (Å²) in [6, 6.07) is 7.53. The first-order valence-electron chi connectivity index (χ1n) is 7.17. The third-order valence-corrected chi connectivity index (χ3v) is 3.17. The molecule has 0 bridgehead atoms. The Morgan fingerprint density at radius 3 is 2.95 bits per heavy atom. The van der Waals surface area contributed by atoms with Gasteiger partial charge in [-0.2, -0.15) is 4.98 Å². The number of rotatable bonds is 6. The van der Waals surface area contributed by atoms with E-state index in [4.69, 9.17) is 4.52 Å². The summed E-state index contributed by atoms with van der Waals surface area (Å²) in [6.45, 7) is 4.19. The van der Waals surface area contributed by atoms with Crippen LogP contribution in [0.4, 0.5) is 10.5 Å². The standard InChI is InChI=1S/C15H21N5O2/c1-10-5-4-6-12(7-10)18-15(21)17-9-14-19-13(20-22-14)8-11(2)16-3/h4-7,11,16H,8-9H2,1-3H3,(H2,17,18,21). The van der Waals surface area contributed by atoms with Gasteiger partial charge in [0.2, 0.25) is 5.89 Å². The number of likely N-dealkylation sites (N-methyl/N-ethyl adjacent to an activating group) is 1. The van der Waals surface area contributed by atoms with Crippen LogP contribution in [0.5, 0.6) is 0 Å². The first kappa shape index (κ1) is 16.0. The van der Waals surface area contributed by atoms with Gasteiger partial charge in [0.25, 0.3) is 0 Å². The number of carbonyl (C=O) groups excluding carboxylic acids is 1. The van der Waals surface area contributed by atoms with Gasteiger partial charge in [-0.25, -0.2) is 4.79 Å². The Bertz CT molecular complexity index is 626. The van der Waals surface area contributed by atoms with Crippen LogP contribution in [0.1, 0.15) is 24.2 Å². The van der Waals surface area contributed by atoms with Crippen LogP contribution >= 0.6 is 0 Å². The molecule has 22 heavy (non-hydrogen) atoms. The Labute approximate surface area is 129 Å². The minimum atomic E-state index is -0.311. The first-order valence-corrected chi connectivity index (χ1v) is 7.17. The quantitative estimate of drug-likeness (QED) is 0.757. The number of amides is 2. The summed E-state index contributed by atoms with van der Waals surface area (Å²) in [4.78, 5) is 16.0. The monoisotopic (exact) mass is 303 g/mol. The van der Waals surface area contributed by atoms with Crippen molar-refractivity contribution in [2.45, 2.75) is 32.9 Å². The number of aryl methyl sites for hydroxylation is 1. The van der Waals surface area contributed by atoms with E-state index in [2.05, 4.69) is 26.1 Å². The Morgan fingerprint density at radius 2 is 2.23 bits per heavy atom. The highest BCUT2D eigenvalue weighted by molar-refractivity contribution is 5.89. The summed E-state index contributed by atoms with van der Waals surface area (Å²) in [5, 5.41) is 12.4. The van der Waals surface area contributed by atoms with Gasteiger partial charge in [-0.3, -0.25) is 0 Å². The summed E-state index contributed by atoms with van der Waals surface area (Å²) in [7, 11) is 1.88. The molecule has 0 fully saturated rings. The molecule has 118 valence electrons. The molecule has 1 aromatic carbocycles. The molecule has 7 heteroatoms. The zero-order valence-electron chi connectivity index (χ0n) is 13.0. The van der Waals surface area contributed by atoms with E-state index in [-0.39, 0.29) is 18.6 Å². The highest BCUT2D eigenvalue weighted by atomic mass is 16.5. The van der Waals surface area contributed by atoms with Crippen LogP contribution in [-0.2, 0) is 13.0 Å². The van der Waals surface area contributed by atoms with Crippen LogP contribution in [0.15, 0.2) is 28.8 Å². The fraction of sp³-hybridized carbons (Fsp3) is 0.400. The minimum Gasteiger partial charge on any atom is -0.337 e. The molecule has 0 aliphatic carbocycles. The minimum absolute atomic E-state index is 0.193. The summed E-state index contributed by atoms with van der Waals surface area (Å²) in [5.41, 5.74) is 1.82. The van der Waals surface area contributed by atoms with Crippen molar-refractivity contribution in [3.8, 4) is 0 Å². The van der Waals surface area contributed by atoms with E-state index in [0.717, 1.165) is 11.3 Å².